The molecule has 1 nitrogen and oxygen atoms in total. The molecule has 0 N–H and O–H groups in total. The van der Waals surface area contributed by atoms with Crippen molar-refractivity contribution in [3.63, 3.8) is 0 Å². The van der Waals surface area contributed by atoms with Crippen molar-refractivity contribution in [1.29, 1.82) is 5.26 Å². The van der Waals surface area contributed by atoms with Crippen LogP contribution in [0.1, 0.15) is 0 Å². The predicted octanol–water partition coefficient (Wildman–Crippen LogP) is 0.315. The quantitative estimate of drug-likeness (QED) is 0.340. The van der Waals surface area contributed by atoms with E-state index in [1.165, 1.54) is 6.08 Å². The van der Waals surface area contributed by atoms with Crippen LogP contribution in [0.25, 0.3) is 0 Å². The third kappa shape index (κ3) is 19.5. The molecule has 0 spiro atoms. The summed E-state index contributed by atoms with van der Waals surface area (Å²) in [5, 5.41) is 7.51. The summed E-state index contributed by atoms with van der Waals surface area (Å²) in [6.07, 6.45) is 1.18. The van der Waals surface area contributed by atoms with E-state index in [4.69, 9.17) is 5.26 Å². The van der Waals surface area contributed by atoms with E-state index in [0.29, 0.717) is 0 Å². The molecule has 0 atom stereocenters. The normalized spacial score (nSPS) is 3.00. The Morgan fingerprint density at radius 1 is 1.80 bits per heavy atom. The Morgan fingerprint density at radius 2 is 2.00 bits per heavy atom. The molecular weight excluding hydrogens is 125 g/mol. The van der Waals surface area contributed by atoms with E-state index in [9.17, 15) is 0 Å². The van der Waals surface area contributed by atoms with Crippen LogP contribution in [0.3, 0.4) is 0 Å². The van der Waals surface area contributed by atoms with Gasteiger partial charge in [0.05, 0.1) is 6.07 Å². The van der Waals surface area contributed by atoms with Crippen LogP contribution in [0.5, 0.6) is 0 Å². The molecule has 0 unspecified atom stereocenters. The van der Waals surface area contributed by atoms with Crippen LogP contribution in [0.15, 0.2) is 12.7 Å². The molecule has 5 heavy (non-hydrogen) atoms. The van der Waals surface area contributed by atoms with Crippen LogP contribution in [-0.4, -0.2) is 18.0 Å². The molecule has 0 aromatic rings. The van der Waals surface area contributed by atoms with Gasteiger partial charge in [0.1, 0.15) is 0 Å². The van der Waals surface area contributed by atoms with E-state index in [1.807, 2.05) is 0 Å². The van der Waals surface area contributed by atoms with Crippen LogP contribution in [0.4, 0.5) is 0 Å². The smallest absolute Gasteiger partial charge is 0.0905 e. The van der Waals surface area contributed by atoms with Crippen LogP contribution >= 0.6 is 0 Å². The largest absolute Gasteiger partial charge is 0.193 e. The summed E-state index contributed by atoms with van der Waals surface area (Å²) >= 11 is 0. The van der Waals surface area contributed by atoms with Crippen molar-refractivity contribution in [1.82, 2.24) is 0 Å². The van der Waals surface area contributed by atoms with Gasteiger partial charge in [0.2, 0.25) is 0 Å². The molecule has 0 aliphatic heterocycles. The minimum absolute atomic E-state index is 0. The summed E-state index contributed by atoms with van der Waals surface area (Å²) in [6, 6.07) is 1.69. The van der Waals surface area contributed by atoms with Gasteiger partial charge in [-0.1, -0.05) is 6.58 Å². The fourth-order valence-corrected chi connectivity index (χ4v) is 0. The maximum absolute atomic E-state index is 7.51. The number of rotatable bonds is 0. The molecular formula is C3H3AsN. The predicted molar refractivity (Wildman–Crippen MR) is 21.6 cm³/mol. The maximum Gasteiger partial charge on any atom is 0.0905 e. The Hall–Kier alpha value is -0.212. The first-order valence-electron chi connectivity index (χ1n) is 0.921. The van der Waals surface area contributed by atoms with Gasteiger partial charge in [-0.05, 0) is 0 Å². The topological polar surface area (TPSA) is 23.8 Å². The molecule has 25 valence electrons. The molecule has 0 saturated heterocycles. The number of hydrogen-bond donors (Lipinski definition) is 0. The standard InChI is InChI=1S/C3H3N.As/c1-2-3-4;/h2H,1H2;. The van der Waals surface area contributed by atoms with E-state index in [2.05, 4.69) is 6.58 Å². The zero-order valence-electron chi connectivity index (χ0n) is 2.68. The zero-order chi connectivity index (χ0) is 3.41. The van der Waals surface area contributed by atoms with Crippen molar-refractivity contribution in [3.8, 4) is 6.07 Å². The Morgan fingerprint density at radius 3 is 2.00 bits per heavy atom. The summed E-state index contributed by atoms with van der Waals surface area (Å²) in [5.74, 6) is 0. The Bertz CT molecular complexity index is 52.4. The van der Waals surface area contributed by atoms with E-state index >= 15 is 0 Å². The third-order valence-corrected chi connectivity index (χ3v) is 0.0913. The van der Waals surface area contributed by atoms with Gasteiger partial charge in [-0.15, -0.1) is 0 Å². The second kappa shape index (κ2) is 9.21. The van der Waals surface area contributed by atoms with E-state index in [1.54, 1.807) is 6.07 Å². The van der Waals surface area contributed by atoms with Gasteiger partial charge in [0.15, 0.2) is 0 Å². The van der Waals surface area contributed by atoms with Crippen molar-refractivity contribution >= 4 is 18.0 Å². The molecule has 0 aromatic heterocycles. The van der Waals surface area contributed by atoms with Crippen LogP contribution in [-0.2, 0) is 0 Å². The minimum Gasteiger partial charge on any atom is -0.193 e. The third-order valence-electron chi connectivity index (χ3n) is 0.0913. The van der Waals surface area contributed by atoms with E-state index in [0.717, 1.165) is 0 Å². The molecule has 0 rings (SSSR count). The Balaban J connectivity index is 0. The fraction of sp³-hybridized carbons (Fsp3) is 0. The first-order chi connectivity index (χ1) is 1.91. The average molecular weight is 128 g/mol. The summed E-state index contributed by atoms with van der Waals surface area (Å²) in [5.41, 5.74) is 0. The van der Waals surface area contributed by atoms with Crippen LogP contribution < -0.4 is 0 Å². The average Bonchev–Trinajstić information content (AvgIpc) is 1.37. The first-order valence-corrected chi connectivity index (χ1v) is 0.921. The van der Waals surface area contributed by atoms with Crippen molar-refractivity contribution in [2.24, 2.45) is 0 Å². The molecule has 0 bridgehead atoms. The first kappa shape index (κ1) is 8.84. The fourth-order valence-electron chi connectivity index (χ4n) is 0. The van der Waals surface area contributed by atoms with E-state index in [-0.39, 0.29) is 18.0 Å². The maximum atomic E-state index is 7.51. The Kier molecular flexibility index (Phi) is 16.3. The minimum atomic E-state index is 0. The van der Waals surface area contributed by atoms with Crippen LogP contribution in [0, 0.1) is 11.3 Å². The summed E-state index contributed by atoms with van der Waals surface area (Å²) in [4.78, 5) is 0. The molecule has 0 aromatic carbocycles. The van der Waals surface area contributed by atoms with E-state index < -0.39 is 0 Å². The molecule has 0 fully saturated rings. The van der Waals surface area contributed by atoms with Crippen molar-refractivity contribution < 1.29 is 0 Å². The molecule has 0 saturated carbocycles. The molecule has 0 heterocycles. The van der Waals surface area contributed by atoms with Gasteiger partial charge in [-0.3, -0.25) is 0 Å². The van der Waals surface area contributed by atoms with Gasteiger partial charge < -0.3 is 0 Å². The van der Waals surface area contributed by atoms with Gasteiger partial charge >= 0.3 is 0 Å². The van der Waals surface area contributed by atoms with Gasteiger partial charge in [-0.25, -0.2) is 0 Å². The number of hydrogen-bond acceptors (Lipinski definition) is 1. The number of nitrogens with zero attached hydrogens (tertiary/aromatic N) is 1. The number of allylic oxidation sites excluding steroid dienone is 1. The molecule has 0 amide bonds. The summed E-state index contributed by atoms with van der Waals surface area (Å²) < 4.78 is 0. The second-order valence-corrected chi connectivity index (χ2v) is 0.333. The number of nitriles is 1. The molecule has 0 aliphatic rings. The van der Waals surface area contributed by atoms with Gasteiger partial charge in [0.25, 0.3) is 0 Å². The zero-order valence-corrected chi connectivity index (χ0v) is 4.56. The van der Waals surface area contributed by atoms with Gasteiger partial charge in [0, 0.05) is 24.0 Å². The molecule has 0 aliphatic carbocycles. The van der Waals surface area contributed by atoms with Crippen molar-refractivity contribution in [2.75, 3.05) is 0 Å². The van der Waals surface area contributed by atoms with Gasteiger partial charge in [-0.2, -0.15) is 5.26 Å². The monoisotopic (exact) mass is 128 g/mol. The Labute approximate surface area is 42.6 Å². The second-order valence-electron chi connectivity index (χ2n) is 0.333. The SMILES string of the molecule is C=CC#N.[As]. The summed E-state index contributed by atoms with van der Waals surface area (Å²) in [7, 11) is 0. The van der Waals surface area contributed by atoms with Crippen molar-refractivity contribution in [3.05, 3.63) is 12.7 Å². The van der Waals surface area contributed by atoms with Crippen molar-refractivity contribution in [2.45, 2.75) is 0 Å². The molecule has 3 radical (unpaired) electrons. The molecule has 2 heteroatoms. The summed E-state index contributed by atoms with van der Waals surface area (Å²) in [6.45, 7) is 3.12. The van der Waals surface area contributed by atoms with Crippen LogP contribution in [0.2, 0.25) is 0 Å².